The number of anilines is 3. The fourth-order valence-corrected chi connectivity index (χ4v) is 21.0. The standard InChI is InChI=1S/C72H56BN3O/c1-2-12-56-50(7-1)53-10-4-11-54-70(53)76(56)61-32-49(75-58-20-14-45-6-3-8-51-52-9-5-13-62-65(52)68-63(77-62)23-22-59(75)67(68)66(58)64(45)51)31-60-69(61)73(54)55-30-47(72-36-42-27-43(37-72)29-44(28-42)38-72)17-21-57(55)74(60)48-18-15-46(16-19-48)71-33-39-24-40(34-71)26-41(25-39)35-71/h1-23,30-32,39-44H,24-29,33-38H2. The van der Waals surface area contributed by atoms with Crippen LogP contribution in [0.5, 0.6) is 0 Å². The first kappa shape index (κ1) is 40.7. The molecule has 3 aromatic heterocycles. The monoisotopic (exact) mass is 989 g/mol. The molecule has 9 aliphatic carbocycles. The zero-order valence-electron chi connectivity index (χ0n) is 43.3. The van der Waals surface area contributed by atoms with E-state index in [0.717, 1.165) is 46.7 Å². The van der Waals surface area contributed by atoms with E-state index >= 15 is 0 Å². The van der Waals surface area contributed by atoms with Crippen LogP contribution in [-0.4, -0.2) is 15.8 Å². The second-order valence-corrected chi connectivity index (χ2v) is 26.8. The molecular formula is C72H56BN3O. The van der Waals surface area contributed by atoms with Crippen molar-refractivity contribution < 1.29 is 4.42 Å². The van der Waals surface area contributed by atoms with Crippen LogP contribution in [-0.2, 0) is 10.8 Å². The number of para-hydroxylation sites is 2. The summed E-state index contributed by atoms with van der Waals surface area (Å²) in [4.78, 5) is 2.73. The number of furan rings is 1. The van der Waals surface area contributed by atoms with Crippen LogP contribution in [0.3, 0.4) is 0 Å². The van der Waals surface area contributed by atoms with Crippen LogP contribution in [0, 0.1) is 35.5 Å². The highest BCUT2D eigenvalue weighted by Gasteiger charge is 2.54. The molecule has 0 atom stereocenters. The normalized spacial score (nSPS) is 27.4. The number of hydrogen-bond acceptors (Lipinski definition) is 2. The van der Waals surface area contributed by atoms with Crippen LogP contribution in [0.25, 0.3) is 98.8 Å². The van der Waals surface area contributed by atoms with E-state index in [1.807, 2.05) is 0 Å². The number of rotatable bonds is 4. The predicted molar refractivity (Wildman–Crippen MR) is 318 cm³/mol. The SMILES string of the molecule is c1cc2c3c(c1)ccc1c3c3c4c(ccc3n1-c1cc3c5c(c1)-n1c6ccccc6c6cccc(c61)B5c1cc(C56CC7CC(CC(C7)C5)C6)ccc1N3c1ccc(C35CC6CC(CC(C6)C3)C5)cc1)oc1cccc-2c14. The molecule has 8 fully saturated rings. The van der Waals surface area contributed by atoms with Gasteiger partial charge in [-0.25, -0.2) is 0 Å². The Morgan fingerprint density at radius 1 is 0.403 bits per heavy atom. The fourth-order valence-electron chi connectivity index (χ4n) is 21.0. The van der Waals surface area contributed by atoms with E-state index in [2.05, 4.69) is 172 Å². The van der Waals surface area contributed by atoms with Gasteiger partial charge >= 0.3 is 0 Å². The van der Waals surface area contributed by atoms with Crippen LogP contribution in [0.15, 0.2) is 162 Å². The largest absolute Gasteiger partial charge is 0.456 e. The molecule has 0 radical (unpaired) electrons. The van der Waals surface area contributed by atoms with E-state index in [9.17, 15) is 0 Å². The van der Waals surface area contributed by atoms with Gasteiger partial charge in [-0.2, -0.15) is 0 Å². The van der Waals surface area contributed by atoms with Gasteiger partial charge in [-0.1, -0.05) is 97.1 Å². The van der Waals surface area contributed by atoms with Gasteiger partial charge in [0.2, 0.25) is 0 Å². The summed E-state index contributed by atoms with van der Waals surface area (Å²) in [6, 6.07) is 62.9. The third-order valence-corrected chi connectivity index (χ3v) is 22.9. The lowest BCUT2D eigenvalue weighted by molar-refractivity contribution is -0.00528. The van der Waals surface area contributed by atoms with Gasteiger partial charge in [0.15, 0.2) is 0 Å². The summed E-state index contributed by atoms with van der Waals surface area (Å²) in [7, 11) is 0. The van der Waals surface area contributed by atoms with Crippen LogP contribution >= 0.6 is 0 Å². The van der Waals surface area contributed by atoms with Crippen molar-refractivity contribution in [2.24, 2.45) is 35.5 Å². The lowest BCUT2D eigenvalue weighted by Crippen LogP contribution is -2.61. The number of benzene rings is 9. The molecule has 23 rings (SSSR count). The van der Waals surface area contributed by atoms with Gasteiger partial charge in [0.25, 0.3) is 6.71 Å². The van der Waals surface area contributed by atoms with Crippen molar-refractivity contribution in [2.45, 2.75) is 87.9 Å². The summed E-state index contributed by atoms with van der Waals surface area (Å²) in [6.45, 7) is 0.0755. The van der Waals surface area contributed by atoms with Crippen molar-refractivity contribution in [3.8, 4) is 22.5 Å². The van der Waals surface area contributed by atoms with Crippen molar-refractivity contribution in [1.29, 1.82) is 0 Å². The second kappa shape index (κ2) is 13.6. The average Bonchev–Trinajstić information content (AvgIpc) is 4.33. The Hall–Kier alpha value is -7.50. The van der Waals surface area contributed by atoms with Crippen molar-refractivity contribution >= 4 is 116 Å². The van der Waals surface area contributed by atoms with Crippen molar-refractivity contribution in [1.82, 2.24) is 9.13 Å². The maximum Gasteiger partial charge on any atom is 0.252 e. The molecule has 8 bridgehead atoms. The quantitative estimate of drug-likeness (QED) is 0.164. The molecule has 0 N–H and O–H groups in total. The highest BCUT2D eigenvalue weighted by Crippen LogP contribution is 2.63. The molecule has 0 amide bonds. The molecule has 8 saturated carbocycles. The van der Waals surface area contributed by atoms with Crippen molar-refractivity contribution in [3.05, 3.63) is 169 Å². The Morgan fingerprint density at radius 2 is 1.01 bits per heavy atom. The number of nitrogens with zero attached hydrogens (tertiary/aromatic N) is 3. The van der Waals surface area contributed by atoms with Crippen LogP contribution in [0.2, 0.25) is 0 Å². The molecule has 0 unspecified atom stereocenters. The molecule has 5 heterocycles. The highest BCUT2D eigenvalue weighted by molar-refractivity contribution is 7.00. The minimum atomic E-state index is 0.0755. The summed E-state index contributed by atoms with van der Waals surface area (Å²) < 4.78 is 12.1. The van der Waals surface area contributed by atoms with Crippen LogP contribution in [0.1, 0.15) is 88.2 Å². The number of fused-ring (bicyclic) bond motifs is 8. The minimum Gasteiger partial charge on any atom is -0.456 e. The van der Waals surface area contributed by atoms with Gasteiger partial charge in [0, 0.05) is 60.6 Å². The molecule has 11 aliphatic rings. The number of aromatic nitrogens is 2. The van der Waals surface area contributed by atoms with E-state index in [0.29, 0.717) is 5.41 Å². The first-order chi connectivity index (χ1) is 38.0. The summed E-state index contributed by atoms with van der Waals surface area (Å²) >= 11 is 0. The van der Waals surface area contributed by atoms with Crippen molar-refractivity contribution in [3.63, 3.8) is 0 Å². The lowest BCUT2D eigenvalue weighted by Gasteiger charge is -2.57. The zero-order chi connectivity index (χ0) is 49.4. The fraction of sp³-hybridized carbons (Fsp3) is 0.278. The molecule has 12 aromatic rings. The van der Waals surface area contributed by atoms with Gasteiger partial charge in [-0.15, -0.1) is 0 Å². The molecule has 2 aliphatic heterocycles. The molecule has 9 aromatic carbocycles. The lowest BCUT2D eigenvalue weighted by atomic mass is 9.33. The molecule has 0 spiro atoms. The Labute approximate surface area is 447 Å². The Morgan fingerprint density at radius 3 is 1.77 bits per heavy atom. The topological polar surface area (TPSA) is 26.2 Å². The molecule has 4 nitrogen and oxygen atoms in total. The third-order valence-electron chi connectivity index (χ3n) is 22.9. The smallest absolute Gasteiger partial charge is 0.252 e. The first-order valence-corrected chi connectivity index (χ1v) is 29.6. The first-order valence-electron chi connectivity index (χ1n) is 29.6. The maximum atomic E-state index is 6.79. The van der Waals surface area contributed by atoms with E-state index in [1.165, 1.54) is 198 Å². The Bertz CT molecular complexity index is 4660. The Balaban J connectivity index is 0.875. The summed E-state index contributed by atoms with van der Waals surface area (Å²) in [5.74, 6) is 5.39. The van der Waals surface area contributed by atoms with Crippen LogP contribution in [0.4, 0.5) is 17.1 Å². The Kier molecular flexibility index (Phi) is 7.19. The number of hydrogen-bond donors (Lipinski definition) is 0. The molecule has 0 saturated heterocycles. The maximum absolute atomic E-state index is 6.79. The predicted octanol–water partition coefficient (Wildman–Crippen LogP) is 16.5. The van der Waals surface area contributed by atoms with Crippen molar-refractivity contribution in [2.75, 3.05) is 4.90 Å². The molecule has 77 heavy (non-hydrogen) atoms. The zero-order valence-corrected chi connectivity index (χ0v) is 43.3. The summed E-state index contributed by atoms with van der Waals surface area (Å²) in [5.41, 5.74) is 24.1. The van der Waals surface area contributed by atoms with E-state index in [4.69, 9.17) is 4.42 Å². The van der Waals surface area contributed by atoms with E-state index in [1.54, 1.807) is 11.1 Å². The van der Waals surface area contributed by atoms with E-state index < -0.39 is 0 Å². The van der Waals surface area contributed by atoms with E-state index in [-0.39, 0.29) is 12.1 Å². The average molecular weight is 990 g/mol. The molecular weight excluding hydrogens is 934 g/mol. The van der Waals surface area contributed by atoms with Gasteiger partial charge in [0.05, 0.1) is 22.2 Å². The van der Waals surface area contributed by atoms with Gasteiger partial charge < -0.3 is 18.5 Å². The summed E-state index contributed by atoms with van der Waals surface area (Å²) in [6.07, 6.45) is 17.0. The van der Waals surface area contributed by atoms with Crippen LogP contribution < -0.4 is 21.3 Å². The van der Waals surface area contributed by atoms with Gasteiger partial charge in [-0.3, -0.25) is 0 Å². The highest BCUT2D eigenvalue weighted by atomic mass is 16.3. The molecule has 368 valence electrons. The summed E-state index contributed by atoms with van der Waals surface area (Å²) in [5, 5.41) is 10.4. The third kappa shape index (κ3) is 4.91. The minimum absolute atomic E-state index is 0.0755. The molecule has 5 heteroatoms. The van der Waals surface area contributed by atoms with Gasteiger partial charge in [-0.05, 0) is 233 Å². The second-order valence-electron chi connectivity index (χ2n) is 26.8. The van der Waals surface area contributed by atoms with Gasteiger partial charge in [0.1, 0.15) is 11.2 Å².